The van der Waals surface area contributed by atoms with E-state index in [0.29, 0.717) is 5.47 Å². The fraction of sp³-hybridized carbons (Fsp3) is 0.364. The monoisotopic (exact) mass is 382 g/mol. The largest absolute Gasteiger partial charge is 0.490 e. The highest BCUT2D eigenvalue weighted by molar-refractivity contribution is 7.79. The first-order valence-electron chi connectivity index (χ1n) is 9.35. The normalized spacial score (nSPS) is 19.7. The first-order valence-corrected chi connectivity index (χ1v) is 11.1. The van der Waals surface area contributed by atoms with Gasteiger partial charge in [0.25, 0.3) is 0 Å². The second-order valence-corrected chi connectivity index (χ2v) is 11.3. The lowest BCUT2D eigenvalue weighted by Gasteiger charge is -2.32. The minimum absolute atomic E-state index is 0.322. The van der Waals surface area contributed by atoms with Gasteiger partial charge in [-0.3, -0.25) is 0 Å². The van der Waals surface area contributed by atoms with E-state index in [1.165, 1.54) is 0 Å². The van der Waals surface area contributed by atoms with Crippen molar-refractivity contribution in [1.29, 1.82) is 0 Å². The van der Waals surface area contributed by atoms with Crippen molar-refractivity contribution in [3.63, 3.8) is 0 Å². The molecule has 0 saturated carbocycles. The quantitative estimate of drug-likeness (QED) is 0.561. The Morgan fingerprint density at radius 3 is 1.63 bits per heavy atom. The molecular formula is C22H28BO3P. The van der Waals surface area contributed by atoms with Gasteiger partial charge < -0.3 is 13.9 Å². The molecule has 0 radical (unpaired) electrons. The van der Waals surface area contributed by atoms with Gasteiger partial charge in [0.2, 0.25) is 0 Å². The highest BCUT2D eigenvalue weighted by atomic mass is 31.2. The van der Waals surface area contributed by atoms with Gasteiger partial charge in [-0.2, -0.15) is 0 Å². The van der Waals surface area contributed by atoms with E-state index in [2.05, 4.69) is 6.58 Å². The first-order chi connectivity index (χ1) is 12.6. The molecule has 142 valence electrons. The van der Waals surface area contributed by atoms with Crippen LogP contribution in [0.3, 0.4) is 0 Å². The van der Waals surface area contributed by atoms with E-state index in [9.17, 15) is 4.57 Å². The summed E-state index contributed by atoms with van der Waals surface area (Å²) in [6, 6.07) is 19.3. The van der Waals surface area contributed by atoms with Gasteiger partial charge in [0.1, 0.15) is 7.14 Å². The SMILES string of the molecule is C=C(B1OC(C)(C)C(C)(C)O1)C(C)P(=O)(c1ccccc1)c1ccccc1. The molecule has 1 saturated heterocycles. The van der Waals surface area contributed by atoms with Crippen molar-refractivity contribution < 1.29 is 13.9 Å². The Morgan fingerprint density at radius 1 is 0.889 bits per heavy atom. The minimum atomic E-state index is -2.97. The Kier molecular flexibility index (Phi) is 5.29. The molecule has 3 rings (SSSR count). The number of hydrogen-bond acceptors (Lipinski definition) is 3. The summed E-state index contributed by atoms with van der Waals surface area (Å²) < 4.78 is 26.8. The summed E-state index contributed by atoms with van der Waals surface area (Å²) in [6.45, 7) is 14.3. The van der Waals surface area contributed by atoms with E-state index in [1.54, 1.807) is 0 Å². The molecule has 3 nitrogen and oxygen atoms in total. The number of hydrogen-bond donors (Lipinski definition) is 0. The zero-order valence-corrected chi connectivity index (χ0v) is 17.7. The molecule has 0 aromatic heterocycles. The summed E-state index contributed by atoms with van der Waals surface area (Å²) in [5.41, 5.74) is -0.519. The van der Waals surface area contributed by atoms with Crippen LogP contribution in [0.25, 0.3) is 0 Å². The van der Waals surface area contributed by atoms with Crippen LogP contribution in [-0.4, -0.2) is 24.0 Å². The molecule has 0 aliphatic carbocycles. The molecule has 5 heteroatoms. The Morgan fingerprint density at radius 2 is 1.26 bits per heavy atom. The van der Waals surface area contributed by atoms with Crippen LogP contribution in [0.5, 0.6) is 0 Å². The fourth-order valence-electron chi connectivity index (χ4n) is 3.32. The molecule has 27 heavy (non-hydrogen) atoms. The van der Waals surface area contributed by atoms with Crippen LogP contribution in [-0.2, 0) is 13.9 Å². The molecule has 0 bridgehead atoms. The number of allylic oxidation sites excluding steroid dienone is 1. The van der Waals surface area contributed by atoms with E-state index in [4.69, 9.17) is 9.31 Å². The third kappa shape index (κ3) is 3.47. The van der Waals surface area contributed by atoms with Gasteiger partial charge in [0, 0.05) is 16.3 Å². The number of rotatable bonds is 5. The molecule has 1 aliphatic rings. The molecule has 0 N–H and O–H groups in total. The fourth-order valence-corrected chi connectivity index (χ4v) is 6.33. The van der Waals surface area contributed by atoms with Crippen LogP contribution in [0, 0.1) is 0 Å². The van der Waals surface area contributed by atoms with Crippen molar-refractivity contribution in [3.8, 4) is 0 Å². The molecule has 1 aliphatic heterocycles. The Hall–Kier alpha value is -1.61. The van der Waals surface area contributed by atoms with Crippen molar-refractivity contribution in [1.82, 2.24) is 0 Å². The Balaban J connectivity index is 2.02. The zero-order valence-electron chi connectivity index (χ0n) is 16.8. The average Bonchev–Trinajstić information content (AvgIpc) is 2.88. The third-order valence-corrected chi connectivity index (χ3v) is 9.47. The van der Waals surface area contributed by atoms with Gasteiger partial charge >= 0.3 is 7.12 Å². The maximum Gasteiger partial charge on any atom is 0.490 e. The second-order valence-electron chi connectivity index (χ2n) is 8.17. The van der Waals surface area contributed by atoms with Crippen molar-refractivity contribution in [2.24, 2.45) is 0 Å². The van der Waals surface area contributed by atoms with Crippen molar-refractivity contribution in [2.75, 3.05) is 0 Å². The van der Waals surface area contributed by atoms with Crippen LogP contribution in [0.15, 0.2) is 72.7 Å². The Bertz CT molecular complexity index is 802. The van der Waals surface area contributed by atoms with E-state index in [1.807, 2.05) is 95.3 Å². The standard InChI is InChI=1S/C22H28BO3P/c1-17(23-25-21(3,4)22(5,6)26-23)18(2)27(24,19-13-9-7-10-14-19)20-15-11-8-12-16-20/h7-16,18H,1H2,2-6H3. The molecule has 2 aromatic carbocycles. The summed E-state index contributed by atoms with van der Waals surface area (Å²) in [5.74, 6) is 0. The minimum Gasteiger partial charge on any atom is -0.400 e. The summed E-state index contributed by atoms with van der Waals surface area (Å²) in [5, 5.41) is 1.64. The van der Waals surface area contributed by atoms with Gasteiger partial charge in [-0.05, 0) is 33.2 Å². The number of benzene rings is 2. The van der Waals surface area contributed by atoms with E-state index in [0.717, 1.165) is 10.6 Å². The lowest BCUT2D eigenvalue weighted by Crippen LogP contribution is -2.41. The molecule has 1 heterocycles. The van der Waals surface area contributed by atoms with Crippen molar-refractivity contribution in [3.05, 3.63) is 72.7 Å². The van der Waals surface area contributed by atoms with Crippen molar-refractivity contribution in [2.45, 2.75) is 51.5 Å². The van der Waals surface area contributed by atoms with Crippen LogP contribution in [0.4, 0.5) is 0 Å². The third-order valence-electron chi connectivity index (χ3n) is 5.92. The topological polar surface area (TPSA) is 35.5 Å². The lowest BCUT2D eigenvalue weighted by atomic mass is 9.77. The molecule has 1 unspecified atom stereocenters. The van der Waals surface area contributed by atoms with Crippen LogP contribution in [0.2, 0.25) is 0 Å². The van der Waals surface area contributed by atoms with Gasteiger partial charge in [-0.1, -0.05) is 67.6 Å². The molecule has 0 spiro atoms. The van der Waals surface area contributed by atoms with Crippen LogP contribution >= 0.6 is 7.14 Å². The molecule has 2 aromatic rings. The van der Waals surface area contributed by atoms with Gasteiger partial charge in [0.05, 0.1) is 11.2 Å². The molecule has 0 amide bonds. The maximum absolute atomic E-state index is 14.5. The average molecular weight is 382 g/mol. The van der Waals surface area contributed by atoms with Crippen LogP contribution < -0.4 is 10.6 Å². The Labute approximate surface area is 163 Å². The summed E-state index contributed by atoms with van der Waals surface area (Å²) in [6.07, 6.45) is 0. The highest BCUT2D eigenvalue weighted by Gasteiger charge is 2.54. The van der Waals surface area contributed by atoms with Crippen LogP contribution in [0.1, 0.15) is 34.6 Å². The van der Waals surface area contributed by atoms with Gasteiger partial charge in [0.15, 0.2) is 0 Å². The molecule has 1 atom stereocenters. The van der Waals surface area contributed by atoms with Crippen molar-refractivity contribution >= 4 is 24.9 Å². The summed E-state index contributed by atoms with van der Waals surface area (Å²) in [4.78, 5) is 0. The smallest absolute Gasteiger partial charge is 0.400 e. The van der Waals surface area contributed by atoms with E-state index < -0.39 is 25.5 Å². The predicted molar refractivity (Wildman–Crippen MR) is 114 cm³/mol. The summed E-state index contributed by atoms with van der Waals surface area (Å²) >= 11 is 0. The van der Waals surface area contributed by atoms with E-state index >= 15 is 0 Å². The molecule has 1 fully saturated rings. The van der Waals surface area contributed by atoms with E-state index in [-0.39, 0.29) is 5.66 Å². The second kappa shape index (κ2) is 7.09. The first kappa shape index (κ1) is 20.1. The zero-order chi connectivity index (χ0) is 19.9. The highest BCUT2D eigenvalue weighted by Crippen LogP contribution is 2.52. The van der Waals surface area contributed by atoms with Gasteiger partial charge in [-0.15, -0.1) is 6.58 Å². The predicted octanol–water partition coefficient (Wildman–Crippen LogP) is 4.58. The maximum atomic E-state index is 14.5. The van der Waals surface area contributed by atoms with Gasteiger partial charge in [-0.25, -0.2) is 0 Å². The summed E-state index contributed by atoms with van der Waals surface area (Å²) in [7, 11) is -3.54. The lowest BCUT2D eigenvalue weighted by molar-refractivity contribution is 0.00578. The molecular weight excluding hydrogens is 354 g/mol.